The molecule has 2 atom stereocenters. The normalized spacial score (nSPS) is 21.0. The van der Waals surface area contributed by atoms with Gasteiger partial charge in [-0.25, -0.2) is 0 Å². The molecular weight excluding hydrogens is 270 g/mol. The van der Waals surface area contributed by atoms with E-state index in [0.29, 0.717) is 0 Å². The summed E-state index contributed by atoms with van der Waals surface area (Å²) in [6, 6.07) is 24.8. The summed E-state index contributed by atoms with van der Waals surface area (Å²) < 4.78 is 0. The Labute approximate surface area is 130 Å². The molecule has 4 rings (SSSR count). The fourth-order valence-corrected chi connectivity index (χ4v) is 3.41. The number of rotatable bonds is 2. The maximum atomic E-state index is 12.5. The zero-order chi connectivity index (χ0) is 15.1. The quantitative estimate of drug-likeness (QED) is 0.632. The van der Waals surface area contributed by atoms with Crippen LogP contribution in [0.3, 0.4) is 0 Å². The van der Waals surface area contributed by atoms with Crippen LogP contribution < -0.4 is 4.90 Å². The van der Waals surface area contributed by atoms with Crippen LogP contribution in [0.1, 0.15) is 18.5 Å². The van der Waals surface area contributed by atoms with Crippen molar-refractivity contribution < 1.29 is 4.79 Å². The van der Waals surface area contributed by atoms with Gasteiger partial charge in [0, 0.05) is 5.39 Å². The van der Waals surface area contributed by atoms with Gasteiger partial charge in [-0.05, 0) is 17.0 Å². The van der Waals surface area contributed by atoms with Gasteiger partial charge < -0.3 is 4.90 Å². The molecule has 0 unspecified atom stereocenters. The van der Waals surface area contributed by atoms with E-state index in [-0.39, 0.29) is 17.9 Å². The lowest BCUT2D eigenvalue weighted by Gasteiger charge is -2.46. The third kappa shape index (κ3) is 1.84. The Balaban J connectivity index is 1.85. The molecule has 3 aromatic rings. The summed E-state index contributed by atoms with van der Waals surface area (Å²) in [5.74, 6) is 0.228. The molecule has 2 nitrogen and oxygen atoms in total. The van der Waals surface area contributed by atoms with Crippen LogP contribution in [0.25, 0.3) is 10.8 Å². The lowest BCUT2D eigenvalue weighted by atomic mass is 9.83. The summed E-state index contributed by atoms with van der Waals surface area (Å²) in [4.78, 5) is 14.5. The highest BCUT2D eigenvalue weighted by molar-refractivity contribution is 6.09. The van der Waals surface area contributed by atoms with E-state index in [4.69, 9.17) is 0 Å². The topological polar surface area (TPSA) is 20.3 Å². The maximum absolute atomic E-state index is 12.5. The van der Waals surface area contributed by atoms with Crippen LogP contribution in [0.15, 0.2) is 72.8 Å². The number of fused-ring (bicyclic) bond motifs is 1. The van der Waals surface area contributed by atoms with Gasteiger partial charge in [0.25, 0.3) is 0 Å². The predicted molar refractivity (Wildman–Crippen MR) is 89.8 cm³/mol. The number of hydrogen-bond acceptors (Lipinski definition) is 1. The number of carbonyl (C=O) groups excluding carboxylic acids is 1. The Kier molecular flexibility index (Phi) is 2.97. The smallest absolute Gasteiger partial charge is 0.232 e. The molecule has 0 saturated carbocycles. The number of nitrogens with zero attached hydrogens (tertiary/aromatic N) is 1. The highest BCUT2D eigenvalue weighted by atomic mass is 16.2. The maximum Gasteiger partial charge on any atom is 0.232 e. The largest absolute Gasteiger partial charge is 0.303 e. The number of β-lactam (4-membered cyclic amide) rings is 1. The molecular formula is C20H17NO. The third-order valence-corrected chi connectivity index (χ3v) is 4.55. The zero-order valence-electron chi connectivity index (χ0n) is 12.4. The van der Waals surface area contributed by atoms with Crippen LogP contribution in [-0.4, -0.2) is 5.91 Å². The van der Waals surface area contributed by atoms with Gasteiger partial charge in [0.2, 0.25) is 5.91 Å². The number of hydrogen-bond donors (Lipinski definition) is 0. The molecule has 1 aliphatic heterocycles. The van der Waals surface area contributed by atoms with Crippen molar-refractivity contribution in [3.05, 3.63) is 78.4 Å². The Bertz CT molecular complexity index is 835. The van der Waals surface area contributed by atoms with Gasteiger partial charge in [-0.15, -0.1) is 0 Å². The van der Waals surface area contributed by atoms with Crippen LogP contribution in [0.5, 0.6) is 0 Å². The fourth-order valence-electron chi connectivity index (χ4n) is 3.41. The molecule has 108 valence electrons. The van der Waals surface area contributed by atoms with Gasteiger partial charge in [0.15, 0.2) is 0 Å². The average Bonchev–Trinajstić information content (AvgIpc) is 2.59. The first-order valence-corrected chi connectivity index (χ1v) is 7.63. The van der Waals surface area contributed by atoms with E-state index in [1.807, 2.05) is 54.3 Å². The fraction of sp³-hybridized carbons (Fsp3) is 0.150. The van der Waals surface area contributed by atoms with Gasteiger partial charge in [-0.3, -0.25) is 4.79 Å². The van der Waals surface area contributed by atoms with E-state index in [1.54, 1.807) is 0 Å². The molecule has 1 fully saturated rings. The van der Waals surface area contributed by atoms with Crippen molar-refractivity contribution in [1.29, 1.82) is 0 Å². The average molecular weight is 287 g/mol. The van der Waals surface area contributed by atoms with Crippen LogP contribution in [0.4, 0.5) is 5.69 Å². The van der Waals surface area contributed by atoms with Crippen LogP contribution in [0.2, 0.25) is 0 Å². The molecule has 22 heavy (non-hydrogen) atoms. The lowest BCUT2D eigenvalue weighted by molar-refractivity contribution is -0.129. The van der Waals surface area contributed by atoms with Crippen molar-refractivity contribution in [2.45, 2.75) is 13.0 Å². The molecule has 0 N–H and O–H groups in total. The minimum absolute atomic E-state index is 0.0290. The number of carbonyl (C=O) groups is 1. The summed E-state index contributed by atoms with van der Waals surface area (Å²) in [6.45, 7) is 2.02. The second-order valence-electron chi connectivity index (χ2n) is 5.85. The molecule has 1 aliphatic rings. The van der Waals surface area contributed by atoms with E-state index in [0.717, 1.165) is 11.1 Å². The van der Waals surface area contributed by atoms with E-state index < -0.39 is 0 Å². The Hall–Kier alpha value is -2.61. The zero-order valence-corrected chi connectivity index (χ0v) is 12.4. The molecule has 2 heteroatoms. The van der Waals surface area contributed by atoms with Crippen molar-refractivity contribution in [2.24, 2.45) is 5.92 Å². The SMILES string of the molecule is C[C@H]1C(=O)N(c2cccc3ccccc23)[C@H]1c1ccccc1. The first-order valence-electron chi connectivity index (χ1n) is 7.63. The van der Waals surface area contributed by atoms with Crippen molar-refractivity contribution in [1.82, 2.24) is 0 Å². The summed E-state index contributed by atoms with van der Waals surface area (Å²) in [7, 11) is 0. The van der Waals surface area contributed by atoms with Gasteiger partial charge in [0.05, 0.1) is 17.6 Å². The molecule has 1 saturated heterocycles. The van der Waals surface area contributed by atoms with Gasteiger partial charge >= 0.3 is 0 Å². The molecule has 0 aliphatic carbocycles. The number of benzene rings is 3. The van der Waals surface area contributed by atoms with Crippen LogP contribution >= 0.6 is 0 Å². The van der Waals surface area contributed by atoms with Gasteiger partial charge in [-0.2, -0.15) is 0 Å². The van der Waals surface area contributed by atoms with Crippen molar-refractivity contribution in [2.75, 3.05) is 4.90 Å². The second kappa shape index (κ2) is 4.99. The first kappa shape index (κ1) is 13.1. The van der Waals surface area contributed by atoms with Crippen molar-refractivity contribution >= 4 is 22.4 Å². The molecule has 3 aromatic carbocycles. The number of amides is 1. The molecule has 0 bridgehead atoms. The first-order chi connectivity index (χ1) is 10.8. The van der Waals surface area contributed by atoms with Crippen LogP contribution in [-0.2, 0) is 4.79 Å². The second-order valence-corrected chi connectivity index (χ2v) is 5.85. The Morgan fingerprint density at radius 2 is 1.50 bits per heavy atom. The van der Waals surface area contributed by atoms with Gasteiger partial charge in [-0.1, -0.05) is 73.7 Å². The summed E-state index contributed by atoms with van der Waals surface area (Å²) in [6.07, 6.45) is 0. The highest BCUT2D eigenvalue weighted by Crippen LogP contribution is 2.45. The molecule has 1 heterocycles. The van der Waals surface area contributed by atoms with E-state index in [1.165, 1.54) is 10.9 Å². The minimum atomic E-state index is 0.0290. The lowest BCUT2D eigenvalue weighted by Crippen LogP contribution is -2.54. The Morgan fingerprint density at radius 1 is 0.818 bits per heavy atom. The predicted octanol–water partition coefficient (Wildman–Crippen LogP) is 4.56. The van der Waals surface area contributed by atoms with E-state index in [2.05, 4.69) is 30.3 Å². The standard InChI is InChI=1S/C20H17NO/c1-14-19(16-9-3-2-4-10-16)21(20(14)22)18-13-7-11-15-8-5-6-12-17(15)18/h2-14,19H,1H3/t14-,19-/m1/s1. The van der Waals surface area contributed by atoms with Crippen molar-refractivity contribution in [3.63, 3.8) is 0 Å². The Morgan fingerprint density at radius 3 is 2.32 bits per heavy atom. The molecule has 0 spiro atoms. The van der Waals surface area contributed by atoms with Gasteiger partial charge in [0.1, 0.15) is 0 Å². The van der Waals surface area contributed by atoms with Crippen molar-refractivity contribution in [3.8, 4) is 0 Å². The minimum Gasteiger partial charge on any atom is -0.303 e. The summed E-state index contributed by atoms with van der Waals surface area (Å²) in [5, 5.41) is 2.30. The molecule has 1 amide bonds. The molecule has 0 radical (unpaired) electrons. The summed E-state index contributed by atoms with van der Waals surface area (Å²) in [5.41, 5.74) is 2.21. The molecule has 0 aromatic heterocycles. The van der Waals surface area contributed by atoms with E-state index in [9.17, 15) is 4.79 Å². The number of anilines is 1. The van der Waals surface area contributed by atoms with Crippen LogP contribution in [0, 0.1) is 5.92 Å². The summed E-state index contributed by atoms with van der Waals surface area (Å²) >= 11 is 0. The highest BCUT2D eigenvalue weighted by Gasteiger charge is 2.46. The monoisotopic (exact) mass is 287 g/mol. The van der Waals surface area contributed by atoms with E-state index >= 15 is 0 Å². The third-order valence-electron chi connectivity index (χ3n) is 4.55.